The van der Waals surface area contributed by atoms with E-state index in [1.165, 1.54) is 0 Å². The molecule has 6 amide bonds. The first-order valence-electron chi connectivity index (χ1n) is 25.4. The molecule has 0 aliphatic carbocycles. The fourth-order valence-electron chi connectivity index (χ4n) is 8.75. The Morgan fingerprint density at radius 3 is 1.32 bits per heavy atom. The highest BCUT2D eigenvalue weighted by atomic mass is 16.5. The van der Waals surface area contributed by atoms with Crippen LogP contribution >= 0.6 is 0 Å². The van der Waals surface area contributed by atoms with Crippen LogP contribution in [0.2, 0.25) is 0 Å². The van der Waals surface area contributed by atoms with Gasteiger partial charge in [0.2, 0.25) is 35.4 Å². The first kappa shape index (κ1) is 58.7. The van der Waals surface area contributed by atoms with E-state index in [2.05, 4.69) is 55.6 Å². The molecule has 8 atom stereocenters. The van der Waals surface area contributed by atoms with Crippen molar-refractivity contribution in [2.75, 3.05) is 93.8 Å². The number of nitrogens with zero attached hydrogens (tertiary/aromatic N) is 4. The first-order chi connectivity index (χ1) is 34.7. The van der Waals surface area contributed by atoms with E-state index in [0.717, 1.165) is 24.0 Å². The summed E-state index contributed by atoms with van der Waals surface area (Å²) in [7, 11) is 6.79. The maximum Gasteiger partial charge on any atom is 0.248 e. The molecule has 2 unspecified atom stereocenters. The lowest BCUT2D eigenvalue weighted by atomic mass is 10.1. The molecule has 0 radical (unpaired) electrons. The largest absolute Gasteiger partial charge is 0.363 e. The van der Waals surface area contributed by atoms with Gasteiger partial charge >= 0.3 is 0 Å². The summed E-state index contributed by atoms with van der Waals surface area (Å²) in [5, 5.41) is 17.6. The Balaban J connectivity index is 1.39. The summed E-state index contributed by atoms with van der Waals surface area (Å²) in [5.74, 6) is 9.81. The second kappa shape index (κ2) is 31.6. The summed E-state index contributed by atoms with van der Waals surface area (Å²) < 4.78 is 12.1. The molecule has 4 rings (SSSR count). The molecular weight excluding hydrogens is 917 g/mol. The number of likely N-dealkylation sites (N-methyl/N-ethyl adjacent to an activating group) is 4. The van der Waals surface area contributed by atoms with Crippen molar-refractivity contribution in [1.29, 1.82) is 0 Å². The number of ether oxygens (including phenoxy) is 2. The van der Waals surface area contributed by atoms with Crippen LogP contribution in [-0.2, 0) is 51.1 Å². The van der Waals surface area contributed by atoms with Gasteiger partial charge in [0, 0.05) is 51.4 Å². The van der Waals surface area contributed by atoms with Gasteiger partial charge in [0.25, 0.3) is 0 Å². The van der Waals surface area contributed by atoms with Crippen molar-refractivity contribution in [2.24, 2.45) is 0 Å². The quantitative estimate of drug-likeness (QED) is 0.0648. The Kier molecular flexibility index (Phi) is 25.7. The van der Waals surface area contributed by atoms with Crippen molar-refractivity contribution in [3.05, 3.63) is 71.8 Å². The molecule has 18 nitrogen and oxygen atoms in total. The van der Waals surface area contributed by atoms with Gasteiger partial charge < -0.3 is 61.0 Å². The third-order valence-corrected chi connectivity index (χ3v) is 13.4. The molecule has 0 saturated carbocycles. The Bertz CT molecular complexity index is 2010. The van der Waals surface area contributed by atoms with Gasteiger partial charge in [-0.05, 0) is 117 Å². The summed E-state index contributed by atoms with van der Waals surface area (Å²) in [6.07, 6.45) is 2.76. The van der Waals surface area contributed by atoms with Crippen LogP contribution in [0.5, 0.6) is 0 Å². The van der Waals surface area contributed by atoms with Crippen molar-refractivity contribution < 1.29 is 38.2 Å². The minimum absolute atomic E-state index is 0.0531. The molecule has 18 heteroatoms. The van der Waals surface area contributed by atoms with Crippen LogP contribution < -0.4 is 31.9 Å². The van der Waals surface area contributed by atoms with Gasteiger partial charge in [-0.3, -0.25) is 28.8 Å². The molecule has 2 aliphatic rings. The molecule has 0 bridgehead atoms. The fraction of sp³-hybridized carbons (Fsp3) is 0.593. The van der Waals surface area contributed by atoms with E-state index in [4.69, 9.17) is 9.47 Å². The van der Waals surface area contributed by atoms with Crippen molar-refractivity contribution in [1.82, 2.24) is 51.5 Å². The van der Waals surface area contributed by atoms with Crippen molar-refractivity contribution in [3.8, 4) is 23.7 Å². The van der Waals surface area contributed by atoms with Gasteiger partial charge in [-0.25, -0.2) is 0 Å². The highest BCUT2D eigenvalue weighted by molar-refractivity contribution is 5.91. The zero-order chi connectivity index (χ0) is 52.4. The van der Waals surface area contributed by atoms with E-state index >= 15 is 0 Å². The Labute approximate surface area is 427 Å². The van der Waals surface area contributed by atoms with Crippen molar-refractivity contribution in [2.45, 2.75) is 115 Å². The van der Waals surface area contributed by atoms with Gasteiger partial charge in [-0.15, -0.1) is 0 Å². The van der Waals surface area contributed by atoms with Gasteiger partial charge in [0.1, 0.15) is 25.3 Å². The molecule has 0 aromatic heterocycles. The lowest BCUT2D eigenvalue weighted by Gasteiger charge is -2.35. The zero-order valence-corrected chi connectivity index (χ0v) is 43.8. The fourth-order valence-corrected chi connectivity index (χ4v) is 8.75. The monoisotopic (exact) mass is 997 g/mol. The van der Waals surface area contributed by atoms with Crippen LogP contribution in [0.4, 0.5) is 0 Å². The summed E-state index contributed by atoms with van der Waals surface area (Å²) in [6.45, 7) is 9.71. The molecule has 2 fully saturated rings. The Morgan fingerprint density at radius 1 is 0.597 bits per heavy atom. The van der Waals surface area contributed by atoms with Crippen LogP contribution in [0.15, 0.2) is 60.7 Å². The molecule has 2 aromatic rings. The summed E-state index contributed by atoms with van der Waals surface area (Å²) in [5.41, 5.74) is 2.23. The molecule has 2 saturated heterocycles. The van der Waals surface area contributed by atoms with Crippen LogP contribution in [-0.4, -0.2) is 197 Å². The zero-order valence-electron chi connectivity index (χ0n) is 43.8. The standard InChI is InChI=1S/C54H80N10O8/c1-39(57-7)51(67)59-49(53(69)63-29-19-25-45(63)37-61(47(65)35-55-5)31-27-43-21-13-11-14-22-43)41(3)71-33-17-9-10-18-34-72-42(4)50(60-52(68)40(2)58-8)54(70)64-30-20-26-46(64)38-62(48(66)36-56-6)32-28-44-23-15-12-16-24-44/h11-16,21-24,39-42,45-46,49-50,55-58H,19-20,25-38H2,1-8H3,(H,59,67)(H,60,68)/t39-,40-,41+,42?,45?,46-,49-,50-/m0/s1. The van der Waals surface area contributed by atoms with Gasteiger partial charge in [-0.1, -0.05) is 72.5 Å². The molecule has 2 aromatic carbocycles. The second-order valence-electron chi connectivity index (χ2n) is 18.5. The number of benzene rings is 2. The molecule has 2 aliphatic heterocycles. The number of carbonyl (C=O) groups excluding carboxylic acids is 6. The summed E-state index contributed by atoms with van der Waals surface area (Å²) in [6, 6.07) is 16.3. The highest BCUT2D eigenvalue weighted by Gasteiger charge is 2.40. The van der Waals surface area contributed by atoms with Crippen LogP contribution in [0.1, 0.15) is 64.5 Å². The Hall–Kier alpha value is -5.86. The molecule has 72 heavy (non-hydrogen) atoms. The third kappa shape index (κ3) is 18.6. The van der Waals surface area contributed by atoms with E-state index in [0.29, 0.717) is 65.0 Å². The second-order valence-corrected chi connectivity index (χ2v) is 18.5. The topological polar surface area (TPSA) is 206 Å². The SMILES string of the molecule is CNCC(=O)N(CCc1ccccc1)CC1CCCN1C(=O)[C@@H](NC(=O)[C@H](C)NC)[C@@H](C)OCC#CC#CCOC(C)[C@H](NC(=O)[C@H](C)NC)C(=O)N1CCC[C@H]1CN(CCc1ccccc1)C(=O)CNC. The average molecular weight is 997 g/mol. The van der Waals surface area contributed by atoms with Gasteiger partial charge in [0.15, 0.2) is 0 Å². The minimum atomic E-state index is -1.02. The normalized spacial score (nSPS) is 17.7. The minimum Gasteiger partial charge on any atom is -0.363 e. The summed E-state index contributed by atoms with van der Waals surface area (Å²) in [4.78, 5) is 88.8. The molecule has 2 heterocycles. The number of rotatable bonds is 28. The number of likely N-dealkylation sites (tertiary alicyclic amines) is 2. The number of nitrogens with one attached hydrogen (secondary N) is 6. The molecule has 394 valence electrons. The molecular formula is C54H80N10O8. The molecule has 0 spiro atoms. The number of hydrogen-bond donors (Lipinski definition) is 6. The van der Waals surface area contributed by atoms with E-state index in [-0.39, 0.29) is 73.8 Å². The van der Waals surface area contributed by atoms with Crippen LogP contribution in [0, 0.1) is 23.7 Å². The number of carbonyl (C=O) groups is 6. The number of amides is 6. The van der Waals surface area contributed by atoms with E-state index in [9.17, 15) is 28.8 Å². The van der Waals surface area contributed by atoms with Crippen LogP contribution in [0.25, 0.3) is 0 Å². The van der Waals surface area contributed by atoms with Crippen molar-refractivity contribution in [3.63, 3.8) is 0 Å². The predicted octanol–water partition coefficient (Wildman–Crippen LogP) is 0.552. The first-order valence-corrected chi connectivity index (χ1v) is 25.4. The highest BCUT2D eigenvalue weighted by Crippen LogP contribution is 2.23. The lowest BCUT2D eigenvalue weighted by molar-refractivity contribution is -0.142. The van der Waals surface area contributed by atoms with Gasteiger partial charge in [0.05, 0.1) is 37.4 Å². The smallest absolute Gasteiger partial charge is 0.248 e. The molecule has 6 N–H and O–H groups in total. The third-order valence-electron chi connectivity index (χ3n) is 13.4. The number of hydrogen-bond acceptors (Lipinski definition) is 12. The van der Waals surface area contributed by atoms with E-state index in [1.807, 2.05) is 70.5 Å². The maximum atomic E-state index is 14.4. The van der Waals surface area contributed by atoms with E-state index in [1.54, 1.807) is 65.7 Å². The summed E-state index contributed by atoms with van der Waals surface area (Å²) >= 11 is 0. The average Bonchev–Trinajstić information content (AvgIpc) is 4.07. The maximum absolute atomic E-state index is 14.4. The lowest BCUT2D eigenvalue weighted by Crippen LogP contribution is -2.59. The predicted molar refractivity (Wildman–Crippen MR) is 278 cm³/mol. The van der Waals surface area contributed by atoms with Crippen LogP contribution in [0.3, 0.4) is 0 Å². The van der Waals surface area contributed by atoms with Gasteiger partial charge in [-0.2, -0.15) is 0 Å². The van der Waals surface area contributed by atoms with Crippen molar-refractivity contribution >= 4 is 35.4 Å². The Morgan fingerprint density at radius 2 is 0.972 bits per heavy atom. The van der Waals surface area contributed by atoms with E-state index < -0.39 is 36.4 Å².